The van der Waals surface area contributed by atoms with E-state index < -0.39 is 6.04 Å². The summed E-state index contributed by atoms with van der Waals surface area (Å²) in [4.78, 5) is 0. The van der Waals surface area contributed by atoms with Gasteiger partial charge in [0.25, 0.3) is 0 Å². The first-order chi connectivity index (χ1) is 9.70. The van der Waals surface area contributed by atoms with E-state index in [1.165, 1.54) is 6.07 Å². The van der Waals surface area contributed by atoms with Crippen molar-refractivity contribution in [3.63, 3.8) is 0 Å². The molecule has 0 spiro atoms. The second-order valence-electron chi connectivity index (χ2n) is 4.43. The van der Waals surface area contributed by atoms with Crippen molar-refractivity contribution < 1.29 is 8.81 Å². The van der Waals surface area contributed by atoms with Gasteiger partial charge in [0.1, 0.15) is 23.2 Å². The average molecular weight is 335 g/mol. The largest absolute Gasteiger partial charge is 0.459 e. The molecule has 0 fully saturated rings. The maximum Gasteiger partial charge on any atom is 0.137 e. The standard InChI is InChI=1S/C15H12BrFN2O/c16-14-10(5-3-6-11(14)17)15(19-18)13-8-9-4-1-2-7-12(9)20-13/h1-8,15,19H,18H2. The van der Waals surface area contributed by atoms with Crippen molar-refractivity contribution in [2.45, 2.75) is 6.04 Å². The number of nitrogens with one attached hydrogen (secondary N) is 1. The molecule has 20 heavy (non-hydrogen) atoms. The van der Waals surface area contributed by atoms with Crippen molar-refractivity contribution >= 4 is 26.9 Å². The summed E-state index contributed by atoms with van der Waals surface area (Å²) in [6.07, 6.45) is 0. The highest BCUT2D eigenvalue weighted by Gasteiger charge is 2.20. The molecule has 0 aliphatic heterocycles. The third-order valence-corrected chi connectivity index (χ3v) is 4.02. The van der Waals surface area contributed by atoms with Crippen LogP contribution >= 0.6 is 15.9 Å². The highest BCUT2D eigenvalue weighted by molar-refractivity contribution is 9.10. The SMILES string of the molecule is NNC(c1cc2ccccc2o1)c1cccc(F)c1Br. The number of hydrazine groups is 1. The summed E-state index contributed by atoms with van der Waals surface area (Å²) in [6.45, 7) is 0. The number of nitrogens with two attached hydrogens (primary N) is 1. The molecule has 1 atom stereocenters. The minimum atomic E-state index is -0.424. The van der Waals surface area contributed by atoms with Gasteiger partial charge in [0.15, 0.2) is 0 Å². The molecule has 1 aromatic heterocycles. The lowest BCUT2D eigenvalue weighted by molar-refractivity contribution is 0.474. The van der Waals surface area contributed by atoms with Crippen LogP contribution in [-0.2, 0) is 0 Å². The topological polar surface area (TPSA) is 51.2 Å². The Morgan fingerprint density at radius 1 is 1.15 bits per heavy atom. The Kier molecular flexibility index (Phi) is 3.56. The summed E-state index contributed by atoms with van der Waals surface area (Å²) < 4.78 is 19.8. The van der Waals surface area contributed by atoms with Gasteiger partial charge in [-0.2, -0.15) is 0 Å². The van der Waals surface area contributed by atoms with Crippen LogP contribution in [0.3, 0.4) is 0 Å². The van der Waals surface area contributed by atoms with Crippen LogP contribution in [0.25, 0.3) is 11.0 Å². The van der Waals surface area contributed by atoms with Crippen molar-refractivity contribution in [1.82, 2.24) is 5.43 Å². The zero-order valence-electron chi connectivity index (χ0n) is 10.4. The van der Waals surface area contributed by atoms with Crippen LogP contribution in [0.4, 0.5) is 4.39 Å². The molecule has 3 rings (SSSR count). The molecular formula is C15H12BrFN2O. The van der Waals surface area contributed by atoms with Gasteiger partial charge >= 0.3 is 0 Å². The van der Waals surface area contributed by atoms with Crippen molar-refractivity contribution in [3.8, 4) is 0 Å². The van der Waals surface area contributed by atoms with E-state index in [0.717, 1.165) is 11.0 Å². The van der Waals surface area contributed by atoms with E-state index in [-0.39, 0.29) is 5.82 Å². The number of fused-ring (bicyclic) bond motifs is 1. The number of hydrogen-bond donors (Lipinski definition) is 2. The number of hydrogen-bond acceptors (Lipinski definition) is 3. The second-order valence-corrected chi connectivity index (χ2v) is 5.22. The Hall–Kier alpha value is -1.69. The number of furan rings is 1. The highest BCUT2D eigenvalue weighted by atomic mass is 79.9. The Morgan fingerprint density at radius 2 is 1.95 bits per heavy atom. The quantitative estimate of drug-likeness (QED) is 0.564. The molecule has 0 bridgehead atoms. The smallest absolute Gasteiger partial charge is 0.137 e. The molecule has 3 N–H and O–H groups in total. The molecule has 3 aromatic rings. The lowest BCUT2D eigenvalue weighted by Gasteiger charge is -2.15. The minimum absolute atomic E-state index is 0.334. The summed E-state index contributed by atoms with van der Waals surface area (Å²) in [6, 6.07) is 14.0. The van der Waals surface area contributed by atoms with Crippen LogP contribution < -0.4 is 11.3 Å². The fourth-order valence-electron chi connectivity index (χ4n) is 2.21. The Bertz CT molecular complexity index is 723. The van der Waals surface area contributed by atoms with Gasteiger partial charge in [-0.05, 0) is 39.7 Å². The third-order valence-electron chi connectivity index (χ3n) is 3.19. The second kappa shape index (κ2) is 5.36. The lowest BCUT2D eigenvalue weighted by atomic mass is 10.0. The third kappa shape index (κ3) is 2.24. The summed E-state index contributed by atoms with van der Waals surface area (Å²) in [5.41, 5.74) is 4.13. The zero-order valence-corrected chi connectivity index (χ0v) is 12.0. The van der Waals surface area contributed by atoms with Crippen molar-refractivity contribution in [1.29, 1.82) is 0 Å². The predicted molar refractivity (Wildman–Crippen MR) is 79.5 cm³/mol. The number of benzene rings is 2. The summed E-state index contributed by atoms with van der Waals surface area (Å²) >= 11 is 3.25. The van der Waals surface area contributed by atoms with Crippen LogP contribution in [0.5, 0.6) is 0 Å². The van der Waals surface area contributed by atoms with Crippen LogP contribution in [0.15, 0.2) is 57.4 Å². The lowest BCUT2D eigenvalue weighted by Crippen LogP contribution is -2.28. The van der Waals surface area contributed by atoms with Gasteiger partial charge in [0, 0.05) is 5.39 Å². The van der Waals surface area contributed by atoms with Crippen LogP contribution in [0.2, 0.25) is 0 Å². The van der Waals surface area contributed by atoms with Crippen molar-refractivity contribution in [3.05, 3.63) is 70.1 Å². The van der Waals surface area contributed by atoms with E-state index in [1.54, 1.807) is 12.1 Å². The van der Waals surface area contributed by atoms with Gasteiger partial charge in [-0.3, -0.25) is 5.84 Å². The van der Waals surface area contributed by atoms with E-state index in [2.05, 4.69) is 21.4 Å². The Labute approximate surface area is 123 Å². The van der Waals surface area contributed by atoms with Gasteiger partial charge < -0.3 is 4.42 Å². The van der Waals surface area contributed by atoms with Gasteiger partial charge in [-0.15, -0.1) is 0 Å². The molecule has 1 heterocycles. The fourth-order valence-corrected chi connectivity index (χ4v) is 2.71. The van der Waals surface area contributed by atoms with Gasteiger partial charge in [-0.25, -0.2) is 9.82 Å². The van der Waals surface area contributed by atoms with Gasteiger partial charge in [-0.1, -0.05) is 30.3 Å². The molecule has 0 aliphatic carbocycles. The molecule has 5 heteroatoms. The van der Waals surface area contributed by atoms with E-state index in [1.807, 2.05) is 30.3 Å². The minimum Gasteiger partial charge on any atom is -0.459 e. The molecule has 3 nitrogen and oxygen atoms in total. The Balaban J connectivity index is 2.11. The molecule has 0 aliphatic rings. The number of rotatable bonds is 3. The van der Waals surface area contributed by atoms with Crippen molar-refractivity contribution in [2.75, 3.05) is 0 Å². The van der Waals surface area contributed by atoms with E-state index in [0.29, 0.717) is 15.8 Å². The molecular weight excluding hydrogens is 323 g/mol. The van der Waals surface area contributed by atoms with Crippen LogP contribution in [0, 0.1) is 5.82 Å². The fraction of sp³-hybridized carbons (Fsp3) is 0.0667. The van der Waals surface area contributed by atoms with E-state index >= 15 is 0 Å². The number of halogens is 2. The van der Waals surface area contributed by atoms with E-state index in [9.17, 15) is 4.39 Å². The first kappa shape index (κ1) is 13.3. The summed E-state index contributed by atoms with van der Waals surface area (Å²) in [7, 11) is 0. The zero-order chi connectivity index (χ0) is 14.1. The molecule has 2 aromatic carbocycles. The average Bonchev–Trinajstić information content (AvgIpc) is 2.87. The molecule has 102 valence electrons. The maximum absolute atomic E-state index is 13.7. The number of para-hydroxylation sites is 1. The van der Waals surface area contributed by atoms with E-state index in [4.69, 9.17) is 10.3 Å². The van der Waals surface area contributed by atoms with Gasteiger partial charge in [0.2, 0.25) is 0 Å². The first-order valence-corrected chi connectivity index (χ1v) is 6.88. The van der Waals surface area contributed by atoms with Crippen LogP contribution in [0.1, 0.15) is 17.4 Å². The first-order valence-electron chi connectivity index (χ1n) is 6.09. The molecule has 0 saturated carbocycles. The Morgan fingerprint density at radius 3 is 2.70 bits per heavy atom. The molecule has 0 saturated heterocycles. The van der Waals surface area contributed by atoms with Crippen molar-refractivity contribution in [2.24, 2.45) is 5.84 Å². The molecule has 1 unspecified atom stereocenters. The monoisotopic (exact) mass is 334 g/mol. The van der Waals surface area contributed by atoms with Crippen LogP contribution in [-0.4, -0.2) is 0 Å². The molecule has 0 radical (unpaired) electrons. The molecule has 0 amide bonds. The highest BCUT2D eigenvalue weighted by Crippen LogP contribution is 2.32. The summed E-state index contributed by atoms with van der Waals surface area (Å²) in [5.74, 6) is 5.93. The summed E-state index contributed by atoms with van der Waals surface area (Å²) in [5, 5.41) is 0.982. The van der Waals surface area contributed by atoms with Gasteiger partial charge in [0.05, 0.1) is 4.47 Å². The maximum atomic E-state index is 13.7. The normalized spacial score (nSPS) is 12.8. The predicted octanol–water partition coefficient (Wildman–Crippen LogP) is 3.89.